The predicted octanol–water partition coefficient (Wildman–Crippen LogP) is 2.90. The molecule has 0 radical (unpaired) electrons. The van der Waals surface area contributed by atoms with Crippen LogP contribution in [0.2, 0.25) is 0 Å². The lowest BCUT2D eigenvalue weighted by atomic mass is 10.1. The Labute approximate surface area is 131 Å². The van der Waals surface area contributed by atoms with Crippen molar-refractivity contribution in [3.8, 4) is 17.5 Å². The van der Waals surface area contributed by atoms with E-state index in [9.17, 15) is 4.79 Å². The molecule has 0 atom stereocenters. The minimum atomic E-state index is -0.976. The maximum Gasteiger partial charge on any atom is 0.335 e. The number of carboxylic acids is 1. The van der Waals surface area contributed by atoms with Crippen LogP contribution in [0.15, 0.2) is 52.9 Å². The second-order valence-corrected chi connectivity index (χ2v) is 4.87. The van der Waals surface area contributed by atoms with Crippen molar-refractivity contribution in [2.24, 2.45) is 0 Å². The average molecular weight is 305 g/mol. The van der Waals surface area contributed by atoms with Gasteiger partial charge in [-0.3, -0.25) is 0 Å². The molecule has 0 saturated carbocycles. The topological polar surface area (TPSA) is 100 Å². The fourth-order valence-electron chi connectivity index (χ4n) is 2.12. The fraction of sp³-hybridized carbons (Fsp3) is 0.0588. The van der Waals surface area contributed by atoms with Crippen molar-refractivity contribution < 1.29 is 14.3 Å². The van der Waals surface area contributed by atoms with Crippen LogP contribution in [0.1, 0.15) is 27.4 Å². The molecule has 6 nitrogen and oxygen atoms in total. The standard InChI is InChI=1S/C17H11N3O3/c18-10-11-4-6-13(7-5-11)16-20-19-15(23-16)9-12-2-1-3-14(8-12)17(21)22/h1-8H,9H2,(H,21,22). The number of nitriles is 1. The molecule has 1 heterocycles. The zero-order valence-electron chi connectivity index (χ0n) is 11.9. The van der Waals surface area contributed by atoms with Gasteiger partial charge in [-0.05, 0) is 42.0 Å². The number of aromatic nitrogens is 2. The summed E-state index contributed by atoms with van der Waals surface area (Å²) in [5.41, 5.74) is 2.27. The van der Waals surface area contributed by atoms with E-state index < -0.39 is 5.97 Å². The van der Waals surface area contributed by atoms with Gasteiger partial charge in [0, 0.05) is 5.56 Å². The maximum absolute atomic E-state index is 11.0. The van der Waals surface area contributed by atoms with Gasteiger partial charge in [-0.1, -0.05) is 12.1 Å². The van der Waals surface area contributed by atoms with E-state index >= 15 is 0 Å². The quantitative estimate of drug-likeness (QED) is 0.795. The summed E-state index contributed by atoms with van der Waals surface area (Å²) in [6, 6.07) is 15.5. The highest BCUT2D eigenvalue weighted by Crippen LogP contribution is 2.19. The first kappa shape index (κ1) is 14.5. The van der Waals surface area contributed by atoms with Gasteiger partial charge in [-0.25, -0.2) is 4.79 Å². The van der Waals surface area contributed by atoms with Gasteiger partial charge < -0.3 is 9.52 Å². The number of aromatic carboxylic acids is 1. The second kappa shape index (κ2) is 6.12. The molecule has 1 N–H and O–H groups in total. The molecule has 2 aromatic carbocycles. The molecular formula is C17H11N3O3. The lowest BCUT2D eigenvalue weighted by Gasteiger charge is -1.99. The molecule has 0 aliphatic heterocycles. The summed E-state index contributed by atoms with van der Waals surface area (Å²) in [6.45, 7) is 0. The van der Waals surface area contributed by atoms with Crippen molar-refractivity contribution in [2.45, 2.75) is 6.42 Å². The van der Waals surface area contributed by atoms with E-state index in [-0.39, 0.29) is 5.56 Å². The molecular weight excluding hydrogens is 294 g/mol. The molecule has 112 valence electrons. The highest BCUT2D eigenvalue weighted by molar-refractivity contribution is 5.87. The summed E-state index contributed by atoms with van der Waals surface area (Å²) in [6.07, 6.45) is 0.352. The van der Waals surface area contributed by atoms with Crippen LogP contribution in [0.3, 0.4) is 0 Å². The van der Waals surface area contributed by atoms with Crippen molar-refractivity contribution in [1.29, 1.82) is 5.26 Å². The van der Waals surface area contributed by atoms with Crippen molar-refractivity contribution >= 4 is 5.97 Å². The van der Waals surface area contributed by atoms with Gasteiger partial charge in [0.2, 0.25) is 11.8 Å². The summed E-state index contributed by atoms with van der Waals surface area (Å²) in [5.74, 6) is -0.221. The number of nitrogens with zero attached hydrogens (tertiary/aromatic N) is 3. The average Bonchev–Trinajstić information content (AvgIpc) is 3.03. The zero-order chi connectivity index (χ0) is 16.2. The SMILES string of the molecule is N#Cc1ccc(-c2nnc(Cc3cccc(C(=O)O)c3)o2)cc1. The normalized spacial score (nSPS) is 10.2. The number of hydrogen-bond acceptors (Lipinski definition) is 5. The molecule has 3 aromatic rings. The van der Waals surface area contributed by atoms with Gasteiger partial charge in [0.1, 0.15) is 0 Å². The molecule has 0 fully saturated rings. The van der Waals surface area contributed by atoms with Crippen molar-refractivity contribution in [3.05, 3.63) is 71.1 Å². The van der Waals surface area contributed by atoms with Gasteiger partial charge in [0.25, 0.3) is 0 Å². The smallest absolute Gasteiger partial charge is 0.335 e. The van der Waals surface area contributed by atoms with E-state index in [4.69, 9.17) is 14.8 Å². The van der Waals surface area contributed by atoms with Crippen molar-refractivity contribution in [2.75, 3.05) is 0 Å². The molecule has 1 aromatic heterocycles. The lowest BCUT2D eigenvalue weighted by Crippen LogP contribution is -1.97. The summed E-state index contributed by atoms with van der Waals surface area (Å²) >= 11 is 0. The Kier molecular flexibility index (Phi) is 3.85. The van der Waals surface area contributed by atoms with Gasteiger partial charge in [0.05, 0.1) is 23.6 Å². The molecule has 0 aliphatic carbocycles. The first-order valence-corrected chi connectivity index (χ1v) is 6.81. The first-order valence-electron chi connectivity index (χ1n) is 6.81. The molecule has 3 rings (SSSR count). The Morgan fingerprint density at radius 3 is 2.65 bits per heavy atom. The number of rotatable bonds is 4. The zero-order valence-corrected chi connectivity index (χ0v) is 11.9. The minimum absolute atomic E-state index is 0.217. The van der Waals surface area contributed by atoms with Crippen LogP contribution in [0.5, 0.6) is 0 Å². The fourth-order valence-corrected chi connectivity index (χ4v) is 2.12. The Morgan fingerprint density at radius 1 is 1.17 bits per heavy atom. The molecule has 0 aliphatic rings. The maximum atomic E-state index is 11.0. The highest BCUT2D eigenvalue weighted by Gasteiger charge is 2.10. The molecule has 0 spiro atoms. The van der Waals surface area contributed by atoms with Crippen LogP contribution in [0.4, 0.5) is 0 Å². The molecule has 0 unspecified atom stereocenters. The largest absolute Gasteiger partial charge is 0.478 e. The molecule has 0 bridgehead atoms. The number of carboxylic acid groups (broad SMARTS) is 1. The third kappa shape index (κ3) is 3.24. The van der Waals surface area contributed by atoms with E-state index in [1.54, 1.807) is 42.5 Å². The summed E-state index contributed by atoms with van der Waals surface area (Å²) in [4.78, 5) is 11.0. The molecule has 0 amide bonds. The Morgan fingerprint density at radius 2 is 1.96 bits per heavy atom. The van der Waals surface area contributed by atoms with Crippen LogP contribution in [-0.2, 0) is 6.42 Å². The molecule has 23 heavy (non-hydrogen) atoms. The van der Waals surface area contributed by atoms with E-state index in [1.807, 2.05) is 6.07 Å². The molecule has 6 heteroatoms. The third-order valence-electron chi connectivity index (χ3n) is 3.26. The van der Waals surface area contributed by atoms with Crippen LogP contribution in [-0.4, -0.2) is 21.3 Å². The van der Waals surface area contributed by atoms with Gasteiger partial charge in [-0.15, -0.1) is 10.2 Å². The van der Waals surface area contributed by atoms with Gasteiger partial charge >= 0.3 is 5.97 Å². The van der Waals surface area contributed by atoms with Crippen LogP contribution in [0.25, 0.3) is 11.5 Å². The number of hydrogen-bond donors (Lipinski definition) is 1. The lowest BCUT2D eigenvalue weighted by molar-refractivity contribution is 0.0696. The van der Waals surface area contributed by atoms with E-state index in [2.05, 4.69) is 10.2 Å². The highest BCUT2D eigenvalue weighted by atomic mass is 16.4. The van der Waals surface area contributed by atoms with Crippen LogP contribution in [0, 0.1) is 11.3 Å². The summed E-state index contributed by atoms with van der Waals surface area (Å²) in [5, 5.41) is 25.7. The Balaban J connectivity index is 1.80. The van der Waals surface area contributed by atoms with Gasteiger partial charge in [-0.2, -0.15) is 5.26 Å². The first-order chi connectivity index (χ1) is 11.2. The molecule has 0 saturated heterocycles. The van der Waals surface area contributed by atoms with Gasteiger partial charge in [0.15, 0.2) is 0 Å². The van der Waals surface area contributed by atoms with Crippen LogP contribution < -0.4 is 0 Å². The minimum Gasteiger partial charge on any atom is -0.478 e. The monoisotopic (exact) mass is 305 g/mol. The number of benzene rings is 2. The van der Waals surface area contributed by atoms with E-state index in [1.165, 1.54) is 6.07 Å². The summed E-state index contributed by atoms with van der Waals surface area (Å²) in [7, 11) is 0. The second-order valence-electron chi connectivity index (χ2n) is 4.87. The Hall–Kier alpha value is -3.46. The predicted molar refractivity (Wildman–Crippen MR) is 80.7 cm³/mol. The van der Waals surface area contributed by atoms with Crippen LogP contribution >= 0.6 is 0 Å². The Bertz CT molecular complexity index is 892. The van der Waals surface area contributed by atoms with E-state index in [0.29, 0.717) is 23.8 Å². The van der Waals surface area contributed by atoms with Crippen molar-refractivity contribution in [3.63, 3.8) is 0 Å². The number of carbonyl (C=O) groups is 1. The summed E-state index contributed by atoms with van der Waals surface area (Å²) < 4.78 is 5.59. The van der Waals surface area contributed by atoms with E-state index in [0.717, 1.165) is 11.1 Å². The van der Waals surface area contributed by atoms with Crippen molar-refractivity contribution in [1.82, 2.24) is 10.2 Å². The third-order valence-corrected chi connectivity index (χ3v) is 3.26.